The normalized spacial score (nSPS) is 11.0. The average molecular weight is 290 g/mol. The minimum absolute atomic E-state index is 0.543. The summed E-state index contributed by atoms with van der Waals surface area (Å²) in [6, 6.07) is 17.5. The Hall–Kier alpha value is -2.35. The van der Waals surface area contributed by atoms with Crippen LogP contribution in [-0.4, -0.2) is 9.97 Å². The molecule has 0 unspecified atom stereocenters. The Balaban J connectivity index is 1.94. The molecule has 112 valence electrons. The lowest BCUT2D eigenvalue weighted by Crippen LogP contribution is -1.98. The fourth-order valence-electron chi connectivity index (χ4n) is 2.75. The smallest absolute Gasteiger partial charge is 0.106 e. The Morgan fingerprint density at radius 3 is 2.50 bits per heavy atom. The molecule has 0 saturated carbocycles. The Labute approximate surface area is 132 Å². The highest BCUT2D eigenvalue weighted by molar-refractivity contribution is 5.68. The van der Waals surface area contributed by atoms with E-state index in [0.717, 1.165) is 18.7 Å². The summed E-state index contributed by atoms with van der Waals surface area (Å²) in [7, 11) is 0. The van der Waals surface area contributed by atoms with E-state index >= 15 is 0 Å². The Morgan fingerprint density at radius 2 is 1.82 bits per heavy atom. The zero-order valence-corrected chi connectivity index (χ0v) is 13.2. The van der Waals surface area contributed by atoms with Crippen LogP contribution in [0.15, 0.2) is 60.9 Å². The van der Waals surface area contributed by atoms with Crippen molar-refractivity contribution in [2.45, 2.75) is 32.6 Å². The fourth-order valence-corrected chi connectivity index (χ4v) is 2.75. The van der Waals surface area contributed by atoms with Crippen LogP contribution in [0.5, 0.6) is 0 Å². The van der Waals surface area contributed by atoms with Gasteiger partial charge in [-0.2, -0.15) is 0 Å². The number of aryl methyl sites for hydroxylation is 2. The maximum atomic E-state index is 4.32. The zero-order valence-electron chi connectivity index (χ0n) is 13.2. The lowest BCUT2D eigenvalue weighted by molar-refractivity contribution is 0.858. The van der Waals surface area contributed by atoms with Gasteiger partial charge in [-0.3, -0.25) is 0 Å². The molecule has 0 radical (unpaired) electrons. The number of imidazole rings is 1. The molecule has 0 bridgehead atoms. The van der Waals surface area contributed by atoms with Crippen molar-refractivity contribution in [2.75, 3.05) is 0 Å². The van der Waals surface area contributed by atoms with Crippen LogP contribution in [0.3, 0.4) is 0 Å². The number of aromatic nitrogens is 2. The maximum absolute atomic E-state index is 4.32. The first-order valence-electron chi connectivity index (χ1n) is 7.90. The summed E-state index contributed by atoms with van der Waals surface area (Å²) in [5.41, 5.74) is 5.41. The summed E-state index contributed by atoms with van der Waals surface area (Å²) in [5, 5.41) is 0. The van der Waals surface area contributed by atoms with E-state index in [9.17, 15) is 0 Å². The average Bonchev–Trinajstić information content (AvgIpc) is 3.07. The molecule has 2 heteroatoms. The van der Waals surface area contributed by atoms with Gasteiger partial charge in [-0.05, 0) is 34.6 Å². The van der Waals surface area contributed by atoms with Crippen molar-refractivity contribution in [1.82, 2.24) is 9.97 Å². The number of rotatable bonds is 5. The van der Waals surface area contributed by atoms with E-state index in [1.807, 2.05) is 12.4 Å². The molecule has 0 spiro atoms. The molecule has 1 N–H and O–H groups in total. The standard InChI is InChI=1S/C20H22N2/c1-15(2)18-9-8-17(10-11-20-21-12-13-22-20)19(14-18)16-6-4-3-5-7-16/h3-9,12-15H,10-11H2,1-2H3,(H,21,22). The van der Waals surface area contributed by atoms with Crippen molar-refractivity contribution in [1.29, 1.82) is 0 Å². The van der Waals surface area contributed by atoms with Crippen molar-refractivity contribution in [3.8, 4) is 11.1 Å². The number of H-pyrrole nitrogens is 1. The monoisotopic (exact) mass is 290 g/mol. The van der Waals surface area contributed by atoms with E-state index in [-0.39, 0.29) is 0 Å². The van der Waals surface area contributed by atoms with Gasteiger partial charge >= 0.3 is 0 Å². The van der Waals surface area contributed by atoms with Crippen molar-refractivity contribution < 1.29 is 0 Å². The van der Waals surface area contributed by atoms with Crippen molar-refractivity contribution in [3.63, 3.8) is 0 Å². The zero-order chi connectivity index (χ0) is 15.4. The Morgan fingerprint density at radius 1 is 1.00 bits per heavy atom. The summed E-state index contributed by atoms with van der Waals surface area (Å²) in [4.78, 5) is 7.51. The van der Waals surface area contributed by atoms with E-state index in [1.54, 1.807) is 0 Å². The van der Waals surface area contributed by atoms with Gasteiger partial charge in [0, 0.05) is 18.8 Å². The molecule has 0 amide bonds. The molecule has 1 aromatic heterocycles. The number of hydrogen-bond acceptors (Lipinski definition) is 1. The van der Waals surface area contributed by atoms with Crippen LogP contribution in [0.4, 0.5) is 0 Å². The van der Waals surface area contributed by atoms with Gasteiger partial charge in [0.1, 0.15) is 5.82 Å². The summed E-state index contributed by atoms with van der Waals surface area (Å²) in [6.45, 7) is 4.49. The molecular weight excluding hydrogens is 268 g/mol. The second-order valence-electron chi connectivity index (χ2n) is 5.97. The predicted octanol–water partition coefficient (Wildman–Crippen LogP) is 4.99. The second-order valence-corrected chi connectivity index (χ2v) is 5.97. The van der Waals surface area contributed by atoms with Gasteiger partial charge in [0.2, 0.25) is 0 Å². The van der Waals surface area contributed by atoms with E-state index < -0.39 is 0 Å². The van der Waals surface area contributed by atoms with Crippen molar-refractivity contribution >= 4 is 0 Å². The van der Waals surface area contributed by atoms with E-state index in [0.29, 0.717) is 5.92 Å². The van der Waals surface area contributed by atoms with Crippen LogP contribution in [0.1, 0.15) is 36.7 Å². The van der Waals surface area contributed by atoms with Gasteiger partial charge in [-0.15, -0.1) is 0 Å². The highest BCUT2D eigenvalue weighted by atomic mass is 14.9. The minimum atomic E-state index is 0.543. The molecule has 1 heterocycles. The highest BCUT2D eigenvalue weighted by Crippen LogP contribution is 2.28. The van der Waals surface area contributed by atoms with Gasteiger partial charge in [-0.25, -0.2) is 4.98 Å². The van der Waals surface area contributed by atoms with Crippen LogP contribution < -0.4 is 0 Å². The predicted molar refractivity (Wildman–Crippen MR) is 92.0 cm³/mol. The van der Waals surface area contributed by atoms with Crippen LogP contribution in [0, 0.1) is 0 Å². The molecule has 2 nitrogen and oxygen atoms in total. The van der Waals surface area contributed by atoms with Gasteiger partial charge in [0.05, 0.1) is 0 Å². The third kappa shape index (κ3) is 3.28. The van der Waals surface area contributed by atoms with Crippen LogP contribution in [0.25, 0.3) is 11.1 Å². The summed E-state index contributed by atoms with van der Waals surface area (Å²) >= 11 is 0. The molecule has 0 aliphatic heterocycles. The number of nitrogens with one attached hydrogen (secondary N) is 1. The number of nitrogens with zero attached hydrogens (tertiary/aromatic N) is 1. The summed E-state index contributed by atoms with van der Waals surface area (Å²) < 4.78 is 0. The van der Waals surface area contributed by atoms with E-state index in [1.165, 1.54) is 22.3 Å². The molecule has 22 heavy (non-hydrogen) atoms. The minimum Gasteiger partial charge on any atom is -0.349 e. The second kappa shape index (κ2) is 6.61. The highest BCUT2D eigenvalue weighted by Gasteiger charge is 2.09. The lowest BCUT2D eigenvalue weighted by atomic mass is 9.91. The van der Waals surface area contributed by atoms with Gasteiger partial charge in [0.25, 0.3) is 0 Å². The third-order valence-electron chi connectivity index (χ3n) is 4.07. The summed E-state index contributed by atoms with van der Waals surface area (Å²) in [6.07, 6.45) is 5.63. The molecule has 0 aliphatic rings. The van der Waals surface area contributed by atoms with Crippen LogP contribution in [-0.2, 0) is 12.8 Å². The largest absolute Gasteiger partial charge is 0.349 e. The first kappa shape index (κ1) is 14.6. The topological polar surface area (TPSA) is 28.7 Å². The van der Waals surface area contributed by atoms with E-state index in [4.69, 9.17) is 0 Å². The van der Waals surface area contributed by atoms with Gasteiger partial charge < -0.3 is 4.98 Å². The molecule has 3 aromatic rings. The molecule has 0 aliphatic carbocycles. The van der Waals surface area contributed by atoms with Crippen molar-refractivity contribution in [2.24, 2.45) is 0 Å². The van der Waals surface area contributed by atoms with Crippen molar-refractivity contribution in [3.05, 3.63) is 77.9 Å². The number of aromatic amines is 1. The molecule has 3 rings (SSSR count). The van der Waals surface area contributed by atoms with Crippen LogP contribution in [0.2, 0.25) is 0 Å². The van der Waals surface area contributed by atoms with Gasteiger partial charge in [-0.1, -0.05) is 62.4 Å². The first-order chi connectivity index (χ1) is 10.7. The Kier molecular flexibility index (Phi) is 4.38. The SMILES string of the molecule is CC(C)c1ccc(CCc2ncc[nH]2)c(-c2ccccc2)c1. The maximum Gasteiger partial charge on any atom is 0.106 e. The molecule has 0 saturated heterocycles. The quantitative estimate of drug-likeness (QED) is 0.705. The fraction of sp³-hybridized carbons (Fsp3) is 0.250. The summed E-state index contributed by atoms with van der Waals surface area (Å²) in [5.74, 6) is 1.59. The lowest BCUT2D eigenvalue weighted by Gasteiger charge is -2.14. The molecule has 0 atom stereocenters. The molecular formula is C20H22N2. The van der Waals surface area contributed by atoms with Gasteiger partial charge in [0.15, 0.2) is 0 Å². The first-order valence-corrected chi connectivity index (χ1v) is 7.90. The third-order valence-corrected chi connectivity index (χ3v) is 4.07. The van der Waals surface area contributed by atoms with E-state index in [2.05, 4.69) is 72.3 Å². The molecule has 2 aromatic carbocycles. The molecule has 0 fully saturated rings. The Bertz CT molecular complexity index is 713. The number of hydrogen-bond donors (Lipinski definition) is 1. The van der Waals surface area contributed by atoms with Crippen LogP contribution >= 0.6 is 0 Å². The number of benzene rings is 2.